The van der Waals surface area contributed by atoms with Crippen LogP contribution < -0.4 is 10.1 Å². The topological polar surface area (TPSA) is 21.3 Å². The Balaban J connectivity index is 2.03. The number of rotatable bonds is 7. The highest BCUT2D eigenvalue weighted by Gasteiger charge is 2.06. The lowest BCUT2D eigenvalue weighted by Gasteiger charge is -2.12. The van der Waals surface area contributed by atoms with E-state index in [1.165, 1.54) is 12.1 Å². The Kier molecular flexibility index (Phi) is 5.78. The second-order valence-corrected chi connectivity index (χ2v) is 4.96. The van der Waals surface area contributed by atoms with E-state index in [-0.39, 0.29) is 5.82 Å². The summed E-state index contributed by atoms with van der Waals surface area (Å²) < 4.78 is 18.8. The van der Waals surface area contributed by atoms with Crippen LogP contribution in [0.15, 0.2) is 55.1 Å². The lowest BCUT2D eigenvalue weighted by atomic mass is 10.2. The summed E-state index contributed by atoms with van der Waals surface area (Å²) >= 11 is 5.99. The molecule has 0 saturated carbocycles. The van der Waals surface area contributed by atoms with E-state index in [1.54, 1.807) is 6.07 Å². The molecule has 0 fully saturated rings. The Bertz CT molecular complexity index is 615. The van der Waals surface area contributed by atoms with Gasteiger partial charge in [-0.2, -0.15) is 0 Å². The SMILES string of the molecule is C=CCNCc1ccccc1OCc1ccc(F)cc1Cl. The van der Waals surface area contributed by atoms with Gasteiger partial charge in [0.1, 0.15) is 18.2 Å². The molecule has 0 aromatic heterocycles. The molecule has 2 rings (SSSR count). The molecule has 0 spiro atoms. The van der Waals surface area contributed by atoms with E-state index in [1.807, 2.05) is 30.3 Å². The van der Waals surface area contributed by atoms with Gasteiger partial charge in [-0.25, -0.2) is 4.39 Å². The first kappa shape index (κ1) is 15.5. The molecule has 0 aliphatic carbocycles. The molecule has 0 radical (unpaired) electrons. The molecule has 0 bridgehead atoms. The van der Waals surface area contributed by atoms with Gasteiger partial charge in [-0.1, -0.05) is 41.9 Å². The van der Waals surface area contributed by atoms with E-state index >= 15 is 0 Å². The third-order valence-corrected chi connectivity index (χ3v) is 3.33. The molecule has 0 heterocycles. The van der Waals surface area contributed by atoms with Crippen LogP contribution in [0.25, 0.3) is 0 Å². The molecule has 21 heavy (non-hydrogen) atoms. The molecule has 110 valence electrons. The first-order chi connectivity index (χ1) is 10.2. The Hall–Kier alpha value is -1.84. The van der Waals surface area contributed by atoms with Crippen LogP contribution in [0.1, 0.15) is 11.1 Å². The van der Waals surface area contributed by atoms with Crippen molar-refractivity contribution in [1.29, 1.82) is 0 Å². The molecule has 0 unspecified atom stereocenters. The van der Waals surface area contributed by atoms with Gasteiger partial charge in [-0.05, 0) is 18.2 Å². The van der Waals surface area contributed by atoms with Gasteiger partial charge in [-0.15, -0.1) is 6.58 Å². The average molecular weight is 306 g/mol. The third-order valence-electron chi connectivity index (χ3n) is 2.98. The Morgan fingerprint density at radius 3 is 2.76 bits per heavy atom. The molecule has 0 aliphatic heterocycles. The predicted octanol–water partition coefficient (Wildman–Crippen LogP) is 4.33. The zero-order chi connectivity index (χ0) is 15.1. The summed E-state index contributed by atoms with van der Waals surface area (Å²) in [6.07, 6.45) is 1.81. The van der Waals surface area contributed by atoms with Gasteiger partial charge >= 0.3 is 0 Å². The molecule has 2 aromatic carbocycles. The van der Waals surface area contributed by atoms with Crippen molar-refractivity contribution < 1.29 is 9.13 Å². The Morgan fingerprint density at radius 2 is 2.00 bits per heavy atom. The van der Waals surface area contributed by atoms with Crippen molar-refractivity contribution in [1.82, 2.24) is 5.32 Å². The minimum Gasteiger partial charge on any atom is -0.489 e. The lowest BCUT2D eigenvalue weighted by molar-refractivity contribution is 0.302. The van der Waals surface area contributed by atoms with Crippen molar-refractivity contribution in [3.8, 4) is 5.75 Å². The minimum absolute atomic E-state index is 0.303. The third kappa shape index (κ3) is 4.59. The van der Waals surface area contributed by atoms with Crippen LogP contribution >= 0.6 is 11.6 Å². The zero-order valence-electron chi connectivity index (χ0n) is 11.6. The summed E-state index contributed by atoms with van der Waals surface area (Å²) in [4.78, 5) is 0. The molecular formula is C17H17ClFNO. The van der Waals surface area contributed by atoms with Crippen LogP contribution in [0.5, 0.6) is 5.75 Å². The van der Waals surface area contributed by atoms with Crippen molar-refractivity contribution in [2.24, 2.45) is 0 Å². The first-order valence-corrected chi connectivity index (χ1v) is 7.04. The van der Waals surface area contributed by atoms with Crippen LogP contribution in [-0.4, -0.2) is 6.54 Å². The van der Waals surface area contributed by atoms with Crippen LogP contribution in [0.2, 0.25) is 5.02 Å². The minimum atomic E-state index is -0.349. The number of ether oxygens (including phenoxy) is 1. The highest BCUT2D eigenvalue weighted by Crippen LogP contribution is 2.22. The lowest BCUT2D eigenvalue weighted by Crippen LogP contribution is -2.13. The van der Waals surface area contributed by atoms with Crippen molar-refractivity contribution in [3.63, 3.8) is 0 Å². The molecule has 0 amide bonds. The molecule has 1 N–H and O–H groups in total. The van der Waals surface area contributed by atoms with Crippen molar-refractivity contribution in [2.45, 2.75) is 13.2 Å². The molecular weight excluding hydrogens is 289 g/mol. The summed E-state index contributed by atoms with van der Waals surface area (Å²) in [5, 5.41) is 3.61. The van der Waals surface area contributed by atoms with Crippen LogP contribution in [0, 0.1) is 5.82 Å². The van der Waals surface area contributed by atoms with E-state index in [0.29, 0.717) is 18.2 Å². The monoisotopic (exact) mass is 305 g/mol. The smallest absolute Gasteiger partial charge is 0.124 e. The average Bonchev–Trinajstić information content (AvgIpc) is 2.48. The summed E-state index contributed by atoms with van der Waals surface area (Å²) in [5.74, 6) is 0.437. The normalized spacial score (nSPS) is 10.4. The second-order valence-electron chi connectivity index (χ2n) is 4.55. The van der Waals surface area contributed by atoms with Gasteiger partial charge in [0.05, 0.1) is 5.02 Å². The molecule has 2 aromatic rings. The predicted molar refractivity (Wildman–Crippen MR) is 84.1 cm³/mol. The molecule has 4 heteroatoms. The molecule has 0 saturated heterocycles. The van der Waals surface area contributed by atoms with Crippen LogP contribution in [0.4, 0.5) is 4.39 Å². The standard InChI is InChI=1S/C17H17ClFNO/c1-2-9-20-11-13-5-3-4-6-17(13)21-12-14-7-8-15(19)10-16(14)18/h2-8,10,20H,1,9,11-12H2. The fourth-order valence-electron chi connectivity index (χ4n) is 1.89. The van der Waals surface area contributed by atoms with Gasteiger partial charge in [0, 0.05) is 24.2 Å². The number of para-hydroxylation sites is 1. The van der Waals surface area contributed by atoms with E-state index < -0.39 is 0 Å². The summed E-state index contributed by atoms with van der Waals surface area (Å²) in [6, 6.07) is 12.1. The highest BCUT2D eigenvalue weighted by molar-refractivity contribution is 6.31. The summed E-state index contributed by atoms with van der Waals surface area (Å²) in [7, 11) is 0. The van der Waals surface area contributed by atoms with Crippen LogP contribution in [-0.2, 0) is 13.2 Å². The molecule has 0 atom stereocenters. The van der Waals surface area contributed by atoms with Gasteiger partial charge < -0.3 is 10.1 Å². The number of halogens is 2. The van der Waals surface area contributed by atoms with E-state index in [9.17, 15) is 4.39 Å². The number of benzene rings is 2. The quantitative estimate of drug-likeness (QED) is 0.607. The summed E-state index contributed by atoms with van der Waals surface area (Å²) in [6.45, 7) is 5.40. The van der Waals surface area contributed by atoms with Crippen LogP contribution in [0.3, 0.4) is 0 Å². The maximum Gasteiger partial charge on any atom is 0.124 e. The van der Waals surface area contributed by atoms with Gasteiger partial charge in [0.25, 0.3) is 0 Å². The van der Waals surface area contributed by atoms with Gasteiger partial charge in [0.2, 0.25) is 0 Å². The number of hydrogen-bond donors (Lipinski definition) is 1. The molecule has 2 nitrogen and oxygen atoms in total. The second kappa shape index (κ2) is 7.81. The van der Waals surface area contributed by atoms with Gasteiger partial charge in [0.15, 0.2) is 0 Å². The van der Waals surface area contributed by atoms with Crippen molar-refractivity contribution >= 4 is 11.6 Å². The fraction of sp³-hybridized carbons (Fsp3) is 0.176. The Morgan fingerprint density at radius 1 is 1.19 bits per heavy atom. The van der Waals surface area contributed by atoms with E-state index in [0.717, 1.165) is 23.4 Å². The van der Waals surface area contributed by atoms with Crippen molar-refractivity contribution in [2.75, 3.05) is 6.54 Å². The Labute approximate surface area is 129 Å². The molecule has 0 aliphatic rings. The van der Waals surface area contributed by atoms with E-state index in [2.05, 4.69) is 11.9 Å². The highest BCUT2D eigenvalue weighted by atomic mass is 35.5. The maximum absolute atomic E-state index is 13.0. The number of nitrogens with one attached hydrogen (secondary N) is 1. The van der Waals surface area contributed by atoms with Gasteiger partial charge in [-0.3, -0.25) is 0 Å². The van der Waals surface area contributed by atoms with Crippen molar-refractivity contribution in [3.05, 3.63) is 77.1 Å². The fourth-order valence-corrected chi connectivity index (χ4v) is 2.12. The summed E-state index contributed by atoms with van der Waals surface area (Å²) in [5.41, 5.74) is 1.81. The number of hydrogen-bond acceptors (Lipinski definition) is 2. The van der Waals surface area contributed by atoms with E-state index in [4.69, 9.17) is 16.3 Å². The maximum atomic E-state index is 13.0. The zero-order valence-corrected chi connectivity index (χ0v) is 12.4. The largest absolute Gasteiger partial charge is 0.489 e. The first-order valence-electron chi connectivity index (χ1n) is 6.67.